The van der Waals surface area contributed by atoms with E-state index in [0.717, 1.165) is 0 Å². The Kier molecular flexibility index (Phi) is 1.63. The average Bonchev–Trinajstić information content (AvgIpc) is 1.95. The molecule has 0 atom stereocenters. The summed E-state index contributed by atoms with van der Waals surface area (Å²) in [6.45, 7) is 5.12. The lowest BCUT2D eigenvalue weighted by Gasteiger charge is -1.98. The molecule has 10 heavy (non-hydrogen) atoms. The Morgan fingerprint density at radius 3 is 2.50 bits per heavy atom. The second-order valence-corrected chi connectivity index (χ2v) is 1.88. The summed E-state index contributed by atoms with van der Waals surface area (Å²) in [5.41, 5.74) is 0.431. The maximum atomic E-state index is 9.04. The minimum Gasteiger partial charge on any atom is -0.504 e. The van der Waals surface area contributed by atoms with Crippen LogP contribution in [0, 0.1) is 6.58 Å². The van der Waals surface area contributed by atoms with E-state index >= 15 is 0 Å². The lowest BCUT2D eigenvalue weighted by atomic mass is 10.2. The van der Waals surface area contributed by atoms with Crippen molar-refractivity contribution in [1.82, 2.24) is 0 Å². The zero-order chi connectivity index (χ0) is 7.56. The van der Waals surface area contributed by atoms with Crippen LogP contribution < -0.4 is 0 Å². The van der Waals surface area contributed by atoms with Gasteiger partial charge in [0.1, 0.15) is 0 Å². The minimum atomic E-state index is -0.176. The van der Waals surface area contributed by atoms with Crippen molar-refractivity contribution in [3.63, 3.8) is 0 Å². The monoisotopic (exact) mass is 135 g/mol. The van der Waals surface area contributed by atoms with Crippen LogP contribution in [0.25, 0.3) is 6.08 Å². The molecule has 0 aliphatic heterocycles. The second-order valence-electron chi connectivity index (χ2n) is 1.88. The van der Waals surface area contributed by atoms with Gasteiger partial charge >= 0.3 is 0 Å². The number of phenolic OH excluding ortho intramolecular Hbond substituents is 2. The fraction of sp³-hybridized carbons (Fsp3) is 0. The smallest absolute Gasteiger partial charge is 0.164 e. The Bertz CT molecular complexity index is 253. The van der Waals surface area contributed by atoms with Crippen LogP contribution in [-0.4, -0.2) is 10.2 Å². The summed E-state index contributed by atoms with van der Waals surface area (Å²) in [5.74, 6) is -0.329. The molecule has 0 aliphatic carbocycles. The molecule has 0 saturated heterocycles. The number of hydrogen-bond donors (Lipinski definition) is 2. The minimum absolute atomic E-state index is 0.154. The van der Waals surface area contributed by atoms with Gasteiger partial charge in [-0.2, -0.15) is 0 Å². The van der Waals surface area contributed by atoms with Crippen molar-refractivity contribution >= 4 is 6.08 Å². The molecule has 0 amide bonds. The van der Waals surface area contributed by atoms with Gasteiger partial charge in [-0.05, 0) is 6.07 Å². The average molecular weight is 135 g/mol. The molecule has 1 rings (SSSR count). The van der Waals surface area contributed by atoms with Crippen molar-refractivity contribution in [2.24, 2.45) is 0 Å². The SMILES string of the molecule is [CH]=Cc1cccc(O)c1O. The summed E-state index contributed by atoms with van der Waals surface area (Å²) in [7, 11) is 0. The van der Waals surface area contributed by atoms with E-state index in [1.165, 1.54) is 12.1 Å². The maximum Gasteiger partial charge on any atom is 0.164 e. The van der Waals surface area contributed by atoms with E-state index < -0.39 is 0 Å². The molecule has 2 heteroatoms. The Morgan fingerprint density at radius 1 is 1.30 bits per heavy atom. The van der Waals surface area contributed by atoms with Gasteiger partial charge in [0.15, 0.2) is 11.5 Å². The topological polar surface area (TPSA) is 40.5 Å². The summed E-state index contributed by atoms with van der Waals surface area (Å²) >= 11 is 0. The molecule has 0 unspecified atom stereocenters. The molecule has 0 heterocycles. The molecule has 0 aliphatic rings. The van der Waals surface area contributed by atoms with Crippen LogP contribution in [0.2, 0.25) is 0 Å². The molecule has 2 N–H and O–H groups in total. The van der Waals surface area contributed by atoms with Gasteiger partial charge in [-0.15, -0.1) is 0 Å². The molecule has 0 bridgehead atoms. The van der Waals surface area contributed by atoms with Crippen LogP contribution in [0.3, 0.4) is 0 Å². The number of aromatic hydroxyl groups is 2. The molecular formula is C8H7O2. The highest BCUT2D eigenvalue weighted by molar-refractivity contribution is 5.58. The number of hydrogen-bond acceptors (Lipinski definition) is 2. The van der Waals surface area contributed by atoms with Crippen molar-refractivity contribution in [3.8, 4) is 11.5 Å². The molecule has 0 saturated carbocycles. The highest BCUT2D eigenvalue weighted by Crippen LogP contribution is 2.28. The standard InChI is InChI=1S/C8H7O2/c1-2-6-4-3-5-7(9)8(6)10/h1-5,9-10H. The highest BCUT2D eigenvalue weighted by atomic mass is 16.3. The summed E-state index contributed by atoms with van der Waals surface area (Å²) in [4.78, 5) is 0. The van der Waals surface area contributed by atoms with Crippen LogP contribution in [0.4, 0.5) is 0 Å². The Balaban J connectivity index is 3.27. The number of benzene rings is 1. The predicted octanol–water partition coefficient (Wildman–Crippen LogP) is 1.54. The maximum absolute atomic E-state index is 9.04. The van der Waals surface area contributed by atoms with Crippen LogP contribution in [-0.2, 0) is 0 Å². The van der Waals surface area contributed by atoms with E-state index in [4.69, 9.17) is 16.8 Å². The van der Waals surface area contributed by atoms with Gasteiger partial charge < -0.3 is 10.2 Å². The molecule has 1 aromatic carbocycles. The lowest BCUT2D eigenvalue weighted by molar-refractivity contribution is 0.403. The first-order valence-corrected chi connectivity index (χ1v) is 2.81. The molecule has 1 aromatic rings. The summed E-state index contributed by atoms with van der Waals surface area (Å²) in [6.07, 6.45) is 1.23. The first-order valence-electron chi connectivity index (χ1n) is 2.81. The van der Waals surface area contributed by atoms with Crippen LogP contribution in [0.1, 0.15) is 5.56 Å². The summed E-state index contributed by atoms with van der Waals surface area (Å²) < 4.78 is 0. The Morgan fingerprint density at radius 2 is 2.00 bits per heavy atom. The molecular weight excluding hydrogens is 128 g/mol. The molecule has 0 fully saturated rings. The zero-order valence-corrected chi connectivity index (χ0v) is 5.28. The summed E-state index contributed by atoms with van der Waals surface area (Å²) in [5, 5.41) is 17.9. The summed E-state index contributed by atoms with van der Waals surface area (Å²) in [6, 6.07) is 4.60. The first kappa shape index (κ1) is 6.68. The number of rotatable bonds is 1. The van der Waals surface area contributed by atoms with Crippen molar-refractivity contribution in [2.75, 3.05) is 0 Å². The zero-order valence-electron chi connectivity index (χ0n) is 5.28. The third kappa shape index (κ3) is 0.957. The van der Waals surface area contributed by atoms with Gasteiger partial charge in [0.05, 0.1) is 0 Å². The Hall–Kier alpha value is -1.44. The van der Waals surface area contributed by atoms with Crippen molar-refractivity contribution < 1.29 is 10.2 Å². The van der Waals surface area contributed by atoms with Gasteiger partial charge in [0.2, 0.25) is 0 Å². The van der Waals surface area contributed by atoms with Crippen LogP contribution in [0.5, 0.6) is 11.5 Å². The predicted molar refractivity (Wildman–Crippen MR) is 38.5 cm³/mol. The van der Waals surface area contributed by atoms with Gasteiger partial charge in [-0.25, -0.2) is 0 Å². The van der Waals surface area contributed by atoms with E-state index in [2.05, 4.69) is 0 Å². The Labute approximate surface area is 59.1 Å². The normalized spacial score (nSPS) is 9.20. The molecule has 51 valence electrons. The third-order valence-corrected chi connectivity index (χ3v) is 1.23. The fourth-order valence-electron chi connectivity index (χ4n) is 0.683. The first-order chi connectivity index (χ1) is 4.75. The van der Waals surface area contributed by atoms with E-state index in [0.29, 0.717) is 5.56 Å². The van der Waals surface area contributed by atoms with Gasteiger partial charge in [-0.3, -0.25) is 0 Å². The fourth-order valence-corrected chi connectivity index (χ4v) is 0.683. The van der Waals surface area contributed by atoms with E-state index in [1.54, 1.807) is 12.1 Å². The second kappa shape index (κ2) is 2.43. The number of para-hydroxylation sites is 1. The van der Waals surface area contributed by atoms with Crippen molar-refractivity contribution in [3.05, 3.63) is 30.3 Å². The van der Waals surface area contributed by atoms with Gasteiger partial charge in [0.25, 0.3) is 0 Å². The molecule has 2 nitrogen and oxygen atoms in total. The largest absolute Gasteiger partial charge is 0.504 e. The van der Waals surface area contributed by atoms with Gasteiger partial charge in [0, 0.05) is 5.56 Å². The quantitative estimate of drug-likeness (QED) is 0.573. The number of phenols is 2. The molecule has 1 radical (unpaired) electrons. The van der Waals surface area contributed by atoms with Gasteiger partial charge in [-0.1, -0.05) is 24.8 Å². The third-order valence-electron chi connectivity index (χ3n) is 1.23. The lowest BCUT2D eigenvalue weighted by Crippen LogP contribution is -1.73. The van der Waals surface area contributed by atoms with Crippen LogP contribution >= 0.6 is 0 Å². The molecule has 0 spiro atoms. The van der Waals surface area contributed by atoms with Crippen molar-refractivity contribution in [2.45, 2.75) is 0 Å². The van der Waals surface area contributed by atoms with Crippen LogP contribution in [0.15, 0.2) is 18.2 Å². The van der Waals surface area contributed by atoms with E-state index in [1.807, 2.05) is 0 Å². The highest BCUT2D eigenvalue weighted by Gasteiger charge is 1.99. The molecule has 0 aromatic heterocycles. The van der Waals surface area contributed by atoms with E-state index in [9.17, 15) is 0 Å². The van der Waals surface area contributed by atoms with E-state index in [-0.39, 0.29) is 11.5 Å². The van der Waals surface area contributed by atoms with Crippen molar-refractivity contribution in [1.29, 1.82) is 0 Å².